The summed E-state index contributed by atoms with van der Waals surface area (Å²) in [6.45, 7) is -0.198. The number of furan rings is 1. The molecule has 1 atom stereocenters. The van der Waals surface area contributed by atoms with Crippen molar-refractivity contribution in [3.8, 4) is 11.3 Å². The fourth-order valence-electron chi connectivity index (χ4n) is 3.97. The van der Waals surface area contributed by atoms with E-state index in [0.717, 1.165) is 5.56 Å². The third-order valence-corrected chi connectivity index (χ3v) is 6.31. The van der Waals surface area contributed by atoms with Gasteiger partial charge in [0, 0.05) is 17.0 Å². The zero-order chi connectivity index (χ0) is 26.5. The number of carbonyl (C=O) groups excluding carboxylic acids is 1. The lowest BCUT2D eigenvalue weighted by Crippen LogP contribution is -2.46. The average molecular weight is 538 g/mol. The van der Waals surface area contributed by atoms with E-state index in [9.17, 15) is 24.6 Å². The van der Waals surface area contributed by atoms with E-state index in [-0.39, 0.29) is 40.6 Å². The zero-order valence-corrected chi connectivity index (χ0v) is 20.8. The Labute approximate surface area is 222 Å². The van der Waals surface area contributed by atoms with Crippen LogP contribution in [0.4, 0.5) is 0 Å². The van der Waals surface area contributed by atoms with E-state index in [1.807, 2.05) is 6.07 Å². The second kappa shape index (κ2) is 11.3. The number of nitrogens with zero attached hydrogens (tertiary/aromatic N) is 1. The molecule has 0 aliphatic rings. The maximum atomic E-state index is 13.7. The van der Waals surface area contributed by atoms with Crippen LogP contribution < -0.4 is 0 Å². The van der Waals surface area contributed by atoms with Crippen LogP contribution in [-0.4, -0.2) is 39.0 Å². The smallest absolute Gasteiger partial charge is 0.336 e. The van der Waals surface area contributed by atoms with Gasteiger partial charge in [-0.3, -0.25) is 4.79 Å². The number of halogens is 2. The van der Waals surface area contributed by atoms with Gasteiger partial charge in [0.2, 0.25) is 0 Å². The molecular formula is C28H21Cl2NO6. The molecule has 1 aromatic heterocycles. The Bertz CT molecular complexity index is 1450. The topological polar surface area (TPSA) is 108 Å². The Hall–Kier alpha value is -4.07. The minimum Gasteiger partial charge on any atom is -0.480 e. The van der Waals surface area contributed by atoms with Crippen LogP contribution in [0.15, 0.2) is 89.3 Å². The van der Waals surface area contributed by atoms with Gasteiger partial charge in [0.25, 0.3) is 5.91 Å². The summed E-state index contributed by atoms with van der Waals surface area (Å²) in [6, 6.07) is 21.6. The third kappa shape index (κ3) is 6.02. The Morgan fingerprint density at radius 1 is 0.838 bits per heavy atom. The second-order valence-corrected chi connectivity index (χ2v) is 9.06. The standard InChI is InChI=1S/C28H21Cl2NO6/c29-18-10-12-22(23(30)15-18)26(32)31(24(28(35)36)14-17-6-2-1-3-7-17)16-19-11-13-25(37-19)20-8-4-5-9-21(20)27(33)34/h1-13,15,24H,14,16H2,(H,33,34)(H,35,36). The normalized spacial score (nSPS) is 11.6. The monoisotopic (exact) mass is 537 g/mol. The van der Waals surface area contributed by atoms with Gasteiger partial charge in [-0.2, -0.15) is 0 Å². The Morgan fingerprint density at radius 3 is 2.22 bits per heavy atom. The summed E-state index contributed by atoms with van der Waals surface area (Å²) < 4.78 is 5.90. The van der Waals surface area contributed by atoms with E-state index in [0.29, 0.717) is 10.6 Å². The molecule has 37 heavy (non-hydrogen) atoms. The van der Waals surface area contributed by atoms with Crippen molar-refractivity contribution >= 4 is 41.0 Å². The zero-order valence-electron chi connectivity index (χ0n) is 19.3. The number of rotatable bonds is 9. The molecule has 0 aliphatic heterocycles. The van der Waals surface area contributed by atoms with E-state index in [1.165, 1.54) is 29.2 Å². The van der Waals surface area contributed by atoms with Crippen LogP contribution in [0.2, 0.25) is 10.0 Å². The fraction of sp³-hybridized carbons (Fsp3) is 0.107. The number of carboxylic acids is 2. The highest BCUT2D eigenvalue weighted by Gasteiger charge is 2.32. The molecule has 9 heteroatoms. The van der Waals surface area contributed by atoms with E-state index >= 15 is 0 Å². The van der Waals surface area contributed by atoms with E-state index in [2.05, 4.69) is 0 Å². The lowest BCUT2D eigenvalue weighted by Gasteiger charge is -2.29. The van der Waals surface area contributed by atoms with Crippen molar-refractivity contribution in [1.29, 1.82) is 0 Å². The second-order valence-electron chi connectivity index (χ2n) is 8.22. The van der Waals surface area contributed by atoms with Gasteiger partial charge < -0.3 is 19.5 Å². The molecular weight excluding hydrogens is 517 g/mol. The molecule has 0 fully saturated rings. The van der Waals surface area contributed by atoms with E-state index in [4.69, 9.17) is 27.6 Å². The number of carboxylic acid groups (broad SMARTS) is 2. The van der Waals surface area contributed by atoms with Crippen LogP contribution in [0.1, 0.15) is 32.0 Å². The largest absolute Gasteiger partial charge is 0.480 e. The van der Waals surface area contributed by atoms with Gasteiger partial charge in [-0.05, 0) is 42.0 Å². The first-order valence-electron chi connectivity index (χ1n) is 11.2. The van der Waals surface area contributed by atoms with E-state index < -0.39 is 23.9 Å². The molecule has 1 unspecified atom stereocenters. The summed E-state index contributed by atoms with van der Waals surface area (Å²) in [5, 5.41) is 20.1. The third-order valence-electron chi connectivity index (χ3n) is 5.77. The Kier molecular flexibility index (Phi) is 7.96. The van der Waals surface area contributed by atoms with Crippen molar-refractivity contribution in [2.45, 2.75) is 19.0 Å². The van der Waals surface area contributed by atoms with Gasteiger partial charge >= 0.3 is 11.9 Å². The first-order chi connectivity index (χ1) is 17.7. The fourth-order valence-corrected chi connectivity index (χ4v) is 4.46. The molecule has 2 N–H and O–H groups in total. The van der Waals surface area contributed by atoms with Gasteiger partial charge in [0.1, 0.15) is 17.6 Å². The van der Waals surface area contributed by atoms with Crippen molar-refractivity contribution in [2.24, 2.45) is 0 Å². The molecule has 3 aromatic carbocycles. The number of hydrogen-bond donors (Lipinski definition) is 2. The quantitative estimate of drug-likeness (QED) is 0.259. The summed E-state index contributed by atoms with van der Waals surface area (Å²) in [5.41, 5.74) is 1.23. The Morgan fingerprint density at radius 2 is 1.54 bits per heavy atom. The molecule has 0 aliphatic carbocycles. The first kappa shape index (κ1) is 26.0. The van der Waals surface area contributed by atoms with Gasteiger partial charge in [-0.25, -0.2) is 9.59 Å². The number of carbonyl (C=O) groups is 3. The lowest BCUT2D eigenvalue weighted by atomic mass is 10.0. The molecule has 0 saturated carbocycles. The highest BCUT2D eigenvalue weighted by atomic mass is 35.5. The van der Waals surface area contributed by atoms with Crippen LogP contribution >= 0.6 is 23.2 Å². The highest BCUT2D eigenvalue weighted by Crippen LogP contribution is 2.29. The average Bonchev–Trinajstić information content (AvgIpc) is 3.35. The summed E-state index contributed by atoms with van der Waals surface area (Å²) in [5.74, 6) is -2.39. The SMILES string of the molecule is O=C(O)c1ccccc1-c1ccc(CN(C(=O)c2ccc(Cl)cc2Cl)C(Cc2ccccc2)C(=O)O)o1. The van der Waals surface area contributed by atoms with Crippen LogP contribution in [-0.2, 0) is 17.8 Å². The summed E-state index contributed by atoms with van der Waals surface area (Å²) >= 11 is 12.3. The summed E-state index contributed by atoms with van der Waals surface area (Å²) in [4.78, 5) is 38.9. The number of amides is 1. The minimum atomic E-state index is -1.25. The van der Waals surface area contributed by atoms with Crippen molar-refractivity contribution in [3.63, 3.8) is 0 Å². The van der Waals surface area contributed by atoms with Gasteiger partial charge in [0.15, 0.2) is 0 Å². The molecule has 0 bridgehead atoms. The molecule has 4 aromatic rings. The minimum absolute atomic E-state index is 0.0442. The van der Waals surface area contributed by atoms with Crippen LogP contribution in [0.5, 0.6) is 0 Å². The number of aromatic carboxylic acids is 1. The van der Waals surface area contributed by atoms with Crippen molar-refractivity contribution < 1.29 is 29.0 Å². The molecule has 188 valence electrons. The summed E-state index contributed by atoms with van der Waals surface area (Å²) in [6.07, 6.45) is 0.0442. The van der Waals surface area contributed by atoms with Crippen molar-refractivity contribution in [2.75, 3.05) is 0 Å². The van der Waals surface area contributed by atoms with Crippen LogP contribution in [0.25, 0.3) is 11.3 Å². The highest BCUT2D eigenvalue weighted by molar-refractivity contribution is 6.36. The number of benzene rings is 3. The molecule has 7 nitrogen and oxygen atoms in total. The Balaban J connectivity index is 1.73. The van der Waals surface area contributed by atoms with E-state index in [1.54, 1.807) is 54.6 Å². The molecule has 1 heterocycles. The van der Waals surface area contributed by atoms with Crippen LogP contribution in [0.3, 0.4) is 0 Å². The molecule has 4 rings (SSSR count). The number of hydrogen-bond acceptors (Lipinski definition) is 4. The molecule has 0 spiro atoms. The predicted octanol–water partition coefficient (Wildman–Crippen LogP) is 6.29. The lowest BCUT2D eigenvalue weighted by molar-refractivity contribution is -0.142. The number of aliphatic carboxylic acids is 1. The maximum absolute atomic E-state index is 13.7. The molecule has 1 amide bonds. The first-order valence-corrected chi connectivity index (χ1v) is 11.9. The van der Waals surface area contributed by atoms with Crippen LogP contribution in [0, 0.1) is 0 Å². The van der Waals surface area contributed by atoms with Gasteiger partial charge in [-0.15, -0.1) is 0 Å². The summed E-state index contributed by atoms with van der Waals surface area (Å²) in [7, 11) is 0. The molecule has 0 radical (unpaired) electrons. The van der Waals surface area contributed by atoms with Gasteiger partial charge in [-0.1, -0.05) is 71.7 Å². The maximum Gasteiger partial charge on any atom is 0.336 e. The molecule has 0 saturated heterocycles. The van der Waals surface area contributed by atoms with Gasteiger partial charge in [0.05, 0.1) is 22.7 Å². The van der Waals surface area contributed by atoms with Crippen molar-refractivity contribution in [1.82, 2.24) is 4.90 Å². The predicted molar refractivity (Wildman–Crippen MR) is 139 cm³/mol. The van der Waals surface area contributed by atoms with Crippen molar-refractivity contribution in [3.05, 3.63) is 117 Å².